The Kier molecular flexibility index (Phi) is 7.19. The van der Waals surface area contributed by atoms with Gasteiger partial charge in [-0.3, -0.25) is 4.79 Å². The van der Waals surface area contributed by atoms with Crippen molar-refractivity contribution < 1.29 is 14.6 Å². The number of carbonyl (C=O) groups excluding carboxylic acids is 1. The highest BCUT2D eigenvalue weighted by Gasteiger charge is 2.11. The number of benzene rings is 1. The molecule has 0 bridgehead atoms. The minimum Gasteiger partial charge on any atom is -0.389 e. The maximum Gasteiger partial charge on any atom is 0.251 e. The molecule has 1 atom stereocenters. The lowest BCUT2D eigenvalue weighted by molar-refractivity contribution is 0.0259. The van der Waals surface area contributed by atoms with Gasteiger partial charge < -0.3 is 15.2 Å². The van der Waals surface area contributed by atoms with Gasteiger partial charge in [0, 0.05) is 23.2 Å². The third-order valence-corrected chi connectivity index (χ3v) is 3.19. The number of aliphatic hydroxyl groups excluding tert-OH is 1. The Labute approximate surface area is 128 Å². The standard InChI is InChI=1S/C15H22BrNO3/c1-10(2)8-20-9-13(18)7-17-15(19)14-5-4-12(16)6-11(14)3/h4-6,10,13,18H,7-9H2,1-3H3,(H,17,19). The van der Waals surface area contributed by atoms with Crippen molar-refractivity contribution in [2.75, 3.05) is 19.8 Å². The van der Waals surface area contributed by atoms with Gasteiger partial charge in [-0.15, -0.1) is 0 Å². The molecule has 2 N–H and O–H groups in total. The van der Waals surface area contributed by atoms with Gasteiger partial charge in [0.05, 0.1) is 12.7 Å². The Morgan fingerprint density at radius 3 is 2.70 bits per heavy atom. The van der Waals surface area contributed by atoms with Gasteiger partial charge in [0.15, 0.2) is 0 Å². The van der Waals surface area contributed by atoms with Crippen LogP contribution in [0.3, 0.4) is 0 Å². The summed E-state index contributed by atoms with van der Waals surface area (Å²) in [6, 6.07) is 5.47. The van der Waals surface area contributed by atoms with Crippen molar-refractivity contribution >= 4 is 21.8 Å². The molecule has 0 spiro atoms. The molecule has 0 heterocycles. The van der Waals surface area contributed by atoms with Crippen molar-refractivity contribution in [3.05, 3.63) is 33.8 Å². The van der Waals surface area contributed by atoms with Crippen molar-refractivity contribution in [3.8, 4) is 0 Å². The molecule has 1 amide bonds. The molecule has 0 fully saturated rings. The fourth-order valence-electron chi connectivity index (χ4n) is 1.69. The lowest BCUT2D eigenvalue weighted by atomic mass is 10.1. The monoisotopic (exact) mass is 343 g/mol. The largest absolute Gasteiger partial charge is 0.389 e. The highest BCUT2D eigenvalue weighted by Crippen LogP contribution is 2.15. The summed E-state index contributed by atoms with van der Waals surface area (Å²) in [6.07, 6.45) is -0.687. The quantitative estimate of drug-likeness (QED) is 0.799. The minimum absolute atomic E-state index is 0.182. The third kappa shape index (κ3) is 6.03. The lowest BCUT2D eigenvalue weighted by Gasteiger charge is -2.14. The molecule has 0 radical (unpaired) electrons. The van der Waals surface area contributed by atoms with E-state index >= 15 is 0 Å². The van der Waals surface area contributed by atoms with Crippen molar-refractivity contribution in [1.82, 2.24) is 5.32 Å². The predicted molar refractivity (Wildman–Crippen MR) is 82.9 cm³/mol. The molecule has 1 aromatic rings. The van der Waals surface area contributed by atoms with Gasteiger partial charge in [0.2, 0.25) is 0 Å². The van der Waals surface area contributed by atoms with Gasteiger partial charge in [0.25, 0.3) is 5.91 Å². The maximum absolute atomic E-state index is 12.0. The first kappa shape index (κ1) is 17.1. The molecule has 0 aromatic heterocycles. The van der Waals surface area contributed by atoms with Crippen LogP contribution >= 0.6 is 15.9 Å². The Morgan fingerprint density at radius 1 is 1.40 bits per heavy atom. The van der Waals surface area contributed by atoms with E-state index in [-0.39, 0.29) is 19.1 Å². The number of aliphatic hydroxyl groups is 1. The van der Waals surface area contributed by atoms with Crippen LogP contribution in [-0.4, -0.2) is 36.9 Å². The molecule has 1 unspecified atom stereocenters. The second kappa shape index (κ2) is 8.39. The molecule has 0 aliphatic carbocycles. The molecular weight excluding hydrogens is 322 g/mol. The van der Waals surface area contributed by atoms with Crippen LogP contribution in [0.15, 0.2) is 22.7 Å². The average Bonchev–Trinajstić information content (AvgIpc) is 2.35. The summed E-state index contributed by atoms with van der Waals surface area (Å²) in [5.41, 5.74) is 1.51. The molecule has 5 heteroatoms. The number of carbonyl (C=O) groups is 1. The van der Waals surface area contributed by atoms with Crippen LogP contribution in [0.4, 0.5) is 0 Å². The summed E-state index contributed by atoms with van der Waals surface area (Å²) in [5, 5.41) is 12.4. The second-order valence-corrected chi connectivity index (χ2v) is 6.17. The van der Waals surface area contributed by atoms with E-state index in [0.29, 0.717) is 18.1 Å². The normalized spacial score (nSPS) is 12.5. The molecule has 0 saturated carbocycles. The van der Waals surface area contributed by atoms with E-state index in [9.17, 15) is 9.90 Å². The summed E-state index contributed by atoms with van der Waals surface area (Å²) in [6.45, 7) is 7.00. The predicted octanol–water partition coefficient (Wildman–Crippen LogP) is 2.52. The van der Waals surface area contributed by atoms with E-state index in [1.54, 1.807) is 6.07 Å². The van der Waals surface area contributed by atoms with E-state index in [0.717, 1.165) is 10.0 Å². The van der Waals surface area contributed by atoms with Gasteiger partial charge in [-0.2, -0.15) is 0 Å². The highest BCUT2D eigenvalue weighted by molar-refractivity contribution is 9.10. The molecule has 20 heavy (non-hydrogen) atoms. The topological polar surface area (TPSA) is 58.6 Å². The van der Waals surface area contributed by atoms with Crippen LogP contribution in [0.25, 0.3) is 0 Å². The zero-order chi connectivity index (χ0) is 15.1. The van der Waals surface area contributed by atoms with Gasteiger partial charge in [0.1, 0.15) is 0 Å². The first-order chi connectivity index (χ1) is 9.40. The van der Waals surface area contributed by atoms with Crippen molar-refractivity contribution in [1.29, 1.82) is 0 Å². The van der Waals surface area contributed by atoms with Crippen molar-refractivity contribution in [2.24, 2.45) is 5.92 Å². The summed E-state index contributed by atoms with van der Waals surface area (Å²) in [4.78, 5) is 12.0. The molecule has 1 aromatic carbocycles. The van der Waals surface area contributed by atoms with E-state index in [1.165, 1.54) is 0 Å². The number of amides is 1. The Balaban J connectivity index is 2.39. The molecule has 112 valence electrons. The molecule has 4 nitrogen and oxygen atoms in total. The van der Waals surface area contributed by atoms with Crippen LogP contribution < -0.4 is 5.32 Å². The van der Waals surface area contributed by atoms with Crippen molar-refractivity contribution in [2.45, 2.75) is 26.9 Å². The van der Waals surface area contributed by atoms with E-state index in [1.807, 2.05) is 32.9 Å². The second-order valence-electron chi connectivity index (χ2n) is 5.25. The number of ether oxygens (including phenoxy) is 1. The maximum atomic E-state index is 12.0. The third-order valence-electron chi connectivity index (χ3n) is 2.69. The van der Waals surface area contributed by atoms with Gasteiger partial charge >= 0.3 is 0 Å². The summed E-state index contributed by atoms with van der Waals surface area (Å²) in [5.74, 6) is 0.250. The average molecular weight is 344 g/mol. The zero-order valence-electron chi connectivity index (χ0n) is 12.1. The SMILES string of the molecule is Cc1cc(Br)ccc1C(=O)NCC(O)COCC(C)C. The Morgan fingerprint density at radius 2 is 2.10 bits per heavy atom. The molecule has 0 aliphatic rings. The van der Waals surface area contributed by atoms with Crippen LogP contribution in [-0.2, 0) is 4.74 Å². The Hall–Kier alpha value is -0.910. The number of hydrogen-bond donors (Lipinski definition) is 2. The highest BCUT2D eigenvalue weighted by atomic mass is 79.9. The smallest absolute Gasteiger partial charge is 0.251 e. The first-order valence-electron chi connectivity index (χ1n) is 6.70. The number of nitrogens with one attached hydrogen (secondary N) is 1. The Bertz CT molecular complexity index is 449. The zero-order valence-corrected chi connectivity index (χ0v) is 13.7. The van der Waals surface area contributed by atoms with Crippen LogP contribution in [0.5, 0.6) is 0 Å². The number of aryl methyl sites for hydroxylation is 1. The number of hydrogen-bond acceptors (Lipinski definition) is 3. The fourth-order valence-corrected chi connectivity index (χ4v) is 2.16. The van der Waals surface area contributed by atoms with E-state index in [4.69, 9.17) is 4.74 Å². The minimum atomic E-state index is -0.687. The van der Waals surface area contributed by atoms with Crippen LogP contribution in [0.1, 0.15) is 29.8 Å². The number of rotatable bonds is 7. The summed E-state index contributed by atoms with van der Waals surface area (Å²) >= 11 is 3.36. The summed E-state index contributed by atoms with van der Waals surface area (Å²) in [7, 11) is 0. The van der Waals surface area contributed by atoms with E-state index < -0.39 is 6.10 Å². The number of halogens is 1. The molecule has 0 saturated heterocycles. The fraction of sp³-hybridized carbons (Fsp3) is 0.533. The molecule has 1 rings (SSSR count). The molecule has 0 aliphatic heterocycles. The molecular formula is C15H22BrNO3. The van der Waals surface area contributed by atoms with Crippen LogP contribution in [0, 0.1) is 12.8 Å². The van der Waals surface area contributed by atoms with Gasteiger partial charge in [-0.25, -0.2) is 0 Å². The lowest BCUT2D eigenvalue weighted by Crippen LogP contribution is -2.35. The summed E-state index contributed by atoms with van der Waals surface area (Å²) < 4.78 is 6.27. The van der Waals surface area contributed by atoms with E-state index in [2.05, 4.69) is 21.2 Å². The van der Waals surface area contributed by atoms with Crippen LogP contribution in [0.2, 0.25) is 0 Å². The first-order valence-corrected chi connectivity index (χ1v) is 7.49. The van der Waals surface area contributed by atoms with Gasteiger partial charge in [-0.1, -0.05) is 29.8 Å². The van der Waals surface area contributed by atoms with Gasteiger partial charge in [-0.05, 0) is 36.6 Å². The van der Waals surface area contributed by atoms with Crippen molar-refractivity contribution in [3.63, 3.8) is 0 Å².